The van der Waals surface area contributed by atoms with Gasteiger partial charge in [0.05, 0.1) is 33.5 Å². The minimum atomic E-state index is -0.800. The van der Waals surface area contributed by atoms with Crippen molar-refractivity contribution >= 4 is 58.2 Å². The number of fused-ring (bicyclic) bond motifs is 1. The average molecular weight is 566 g/mol. The first-order chi connectivity index (χ1) is 17.1. The Hall–Kier alpha value is -2.58. The molecule has 1 aliphatic heterocycles. The van der Waals surface area contributed by atoms with Crippen LogP contribution in [0.15, 0.2) is 57.5 Å². The van der Waals surface area contributed by atoms with Crippen LogP contribution in [0.25, 0.3) is 6.08 Å². The number of hydrogen-bond acceptors (Lipinski definition) is 6. The summed E-state index contributed by atoms with van der Waals surface area (Å²) in [6.07, 6.45) is 1.53. The van der Waals surface area contributed by atoms with Crippen molar-refractivity contribution in [3.8, 4) is 5.75 Å². The van der Waals surface area contributed by atoms with Crippen LogP contribution in [-0.4, -0.2) is 23.2 Å². The van der Waals surface area contributed by atoms with Gasteiger partial charge >= 0.3 is 5.97 Å². The first-order valence-corrected chi connectivity index (χ1v) is 13.2. The second-order valence-corrected chi connectivity index (χ2v) is 10.6. The quantitative estimate of drug-likeness (QED) is 0.368. The van der Waals surface area contributed by atoms with Gasteiger partial charge in [-0.2, -0.15) is 0 Å². The van der Waals surface area contributed by atoms with E-state index in [0.29, 0.717) is 47.0 Å². The van der Waals surface area contributed by atoms with Crippen LogP contribution in [0.4, 0.5) is 0 Å². The van der Waals surface area contributed by atoms with Crippen LogP contribution in [0.3, 0.4) is 0 Å². The van der Waals surface area contributed by atoms with Gasteiger partial charge in [-0.25, -0.2) is 9.79 Å². The fourth-order valence-corrected chi connectivity index (χ4v) is 5.80. The highest BCUT2D eigenvalue weighted by Crippen LogP contribution is 2.35. The molecule has 3 aromatic rings. The minimum Gasteiger partial charge on any atom is -0.489 e. The molecule has 0 unspecified atom stereocenters. The Labute approximate surface area is 227 Å². The average Bonchev–Trinajstić information content (AvgIpc) is 3.10. The molecule has 188 valence electrons. The van der Waals surface area contributed by atoms with Gasteiger partial charge < -0.3 is 9.47 Å². The van der Waals surface area contributed by atoms with E-state index in [1.807, 2.05) is 13.8 Å². The Kier molecular flexibility index (Phi) is 7.95. The van der Waals surface area contributed by atoms with Gasteiger partial charge in [0, 0.05) is 15.6 Å². The number of allylic oxidation sites excluding steroid dienone is 1. The number of carbonyl (C=O) groups is 1. The lowest BCUT2D eigenvalue weighted by atomic mass is 9.96. The molecule has 36 heavy (non-hydrogen) atoms. The molecule has 0 radical (unpaired) electrons. The fourth-order valence-electron chi connectivity index (χ4n) is 3.97. The van der Waals surface area contributed by atoms with Gasteiger partial charge in [0.2, 0.25) is 0 Å². The smallest absolute Gasteiger partial charge is 0.338 e. The number of hydrogen-bond donors (Lipinski definition) is 0. The number of thiazole rings is 1. The van der Waals surface area contributed by atoms with Crippen molar-refractivity contribution < 1.29 is 14.3 Å². The van der Waals surface area contributed by atoms with Gasteiger partial charge in [-0.1, -0.05) is 64.3 Å². The number of carbonyl (C=O) groups excluding carboxylic acids is 1. The zero-order chi connectivity index (χ0) is 26.1. The number of ether oxygens (including phenoxy) is 2. The normalized spacial score (nSPS) is 15.7. The van der Waals surface area contributed by atoms with E-state index in [-0.39, 0.29) is 23.8 Å². The van der Waals surface area contributed by atoms with E-state index in [2.05, 4.69) is 4.99 Å². The third-order valence-corrected chi connectivity index (χ3v) is 7.22. The second-order valence-electron chi connectivity index (χ2n) is 8.30. The molecule has 10 heteroatoms. The van der Waals surface area contributed by atoms with Crippen LogP contribution < -0.4 is 19.6 Å². The van der Waals surface area contributed by atoms with E-state index in [1.54, 1.807) is 56.3 Å². The maximum atomic E-state index is 13.8. The van der Waals surface area contributed by atoms with Crippen molar-refractivity contribution in [2.45, 2.75) is 39.8 Å². The maximum absolute atomic E-state index is 13.8. The third-order valence-electron chi connectivity index (χ3n) is 5.39. The van der Waals surface area contributed by atoms with Crippen molar-refractivity contribution in [3.05, 3.63) is 93.6 Å². The van der Waals surface area contributed by atoms with E-state index in [4.69, 9.17) is 44.3 Å². The SMILES string of the molecule is CCOC(=O)C1=C(C)N=c2s/c(=C\c3cc(Cl)cc(Cl)c3OC(C)C)c(=O)n2[C@H]1c1ccccc1Cl. The van der Waals surface area contributed by atoms with E-state index in [1.165, 1.54) is 15.9 Å². The number of nitrogens with zero attached hydrogens (tertiary/aromatic N) is 2. The van der Waals surface area contributed by atoms with Crippen LogP contribution in [0.2, 0.25) is 15.1 Å². The van der Waals surface area contributed by atoms with Crippen LogP contribution in [0.5, 0.6) is 5.75 Å². The lowest BCUT2D eigenvalue weighted by Crippen LogP contribution is -2.40. The molecule has 1 aliphatic rings. The molecule has 0 aliphatic carbocycles. The van der Waals surface area contributed by atoms with Crippen molar-refractivity contribution in [1.29, 1.82) is 0 Å². The standard InChI is InChI=1S/C26H23Cl3N2O4S/c1-5-34-25(33)21-14(4)30-26-31(22(21)17-8-6-7-9-18(17)28)24(32)20(36-26)11-15-10-16(27)12-19(29)23(15)35-13(2)3/h6-13,22H,5H2,1-4H3/b20-11-/t22-/m0/s1. The molecule has 0 bridgehead atoms. The van der Waals surface area contributed by atoms with Gasteiger partial charge in [0.25, 0.3) is 5.56 Å². The lowest BCUT2D eigenvalue weighted by molar-refractivity contribution is -0.139. The van der Waals surface area contributed by atoms with Gasteiger partial charge in [-0.3, -0.25) is 9.36 Å². The van der Waals surface area contributed by atoms with Crippen molar-refractivity contribution in [3.63, 3.8) is 0 Å². The maximum Gasteiger partial charge on any atom is 0.338 e. The summed E-state index contributed by atoms with van der Waals surface area (Å²) >= 11 is 20.4. The molecule has 0 saturated carbocycles. The Morgan fingerprint density at radius 3 is 2.58 bits per heavy atom. The molecule has 0 saturated heterocycles. The van der Waals surface area contributed by atoms with Gasteiger partial charge in [0.1, 0.15) is 11.8 Å². The van der Waals surface area contributed by atoms with E-state index < -0.39 is 12.0 Å². The molecule has 0 fully saturated rings. The summed E-state index contributed by atoms with van der Waals surface area (Å²) in [7, 11) is 0. The third kappa shape index (κ3) is 5.11. The summed E-state index contributed by atoms with van der Waals surface area (Å²) in [6, 6.07) is 9.57. The summed E-state index contributed by atoms with van der Waals surface area (Å²) in [5, 5.41) is 1.16. The van der Waals surface area contributed by atoms with Crippen molar-refractivity contribution in [1.82, 2.24) is 4.57 Å². The van der Waals surface area contributed by atoms with E-state index >= 15 is 0 Å². The van der Waals surface area contributed by atoms with Crippen LogP contribution >= 0.6 is 46.1 Å². The number of esters is 1. The predicted molar refractivity (Wildman–Crippen MR) is 144 cm³/mol. The molecule has 2 heterocycles. The van der Waals surface area contributed by atoms with E-state index in [0.717, 1.165) is 0 Å². The second kappa shape index (κ2) is 10.8. The molecule has 1 atom stereocenters. The topological polar surface area (TPSA) is 69.9 Å². The summed E-state index contributed by atoms with van der Waals surface area (Å²) in [5.41, 5.74) is 1.53. The predicted octanol–water partition coefficient (Wildman–Crippen LogP) is 5.55. The number of halogens is 3. The molecule has 4 rings (SSSR count). The Balaban J connectivity index is 1.99. The fraction of sp³-hybridized carbons (Fsp3) is 0.269. The molecule has 1 aromatic heterocycles. The molecule has 0 amide bonds. The monoisotopic (exact) mass is 564 g/mol. The Morgan fingerprint density at radius 1 is 1.19 bits per heavy atom. The minimum absolute atomic E-state index is 0.146. The lowest BCUT2D eigenvalue weighted by Gasteiger charge is -2.25. The highest BCUT2D eigenvalue weighted by Gasteiger charge is 2.34. The van der Waals surface area contributed by atoms with Gasteiger partial charge in [0.15, 0.2) is 4.80 Å². The summed E-state index contributed by atoms with van der Waals surface area (Å²) in [6.45, 7) is 7.39. The van der Waals surface area contributed by atoms with Gasteiger partial charge in [-0.15, -0.1) is 0 Å². The first-order valence-electron chi connectivity index (χ1n) is 11.2. The molecule has 0 N–H and O–H groups in total. The largest absolute Gasteiger partial charge is 0.489 e. The van der Waals surface area contributed by atoms with Crippen LogP contribution in [-0.2, 0) is 9.53 Å². The zero-order valence-electron chi connectivity index (χ0n) is 20.0. The summed E-state index contributed by atoms with van der Waals surface area (Å²) in [4.78, 5) is 31.8. The first kappa shape index (κ1) is 26.5. The molecular weight excluding hydrogens is 543 g/mol. The highest BCUT2D eigenvalue weighted by atomic mass is 35.5. The van der Waals surface area contributed by atoms with E-state index in [9.17, 15) is 9.59 Å². The van der Waals surface area contributed by atoms with Crippen molar-refractivity contribution in [2.24, 2.45) is 4.99 Å². The molecule has 6 nitrogen and oxygen atoms in total. The zero-order valence-corrected chi connectivity index (χ0v) is 23.1. The molecular formula is C26H23Cl3N2O4S. The Bertz CT molecular complexity index is 1560. The Morgan fingerprint density at radius 2 is 1.92 bits per heavy atom. The molecule has 0 spiro atoms. The number of benzene rings is 2. The van der Waals surface area contributed by atoms with Gasteiger partial charge in [-0.05, 0) is 57.5 Å². The number of aromatic nitrogens is 1. The number of rotatable bonds is 6. The van der Waals surface area contributed by atoms with Crippen LogP contribution in [0, 0.1) is 0 Å². The highest BCUT2D eigenvalue weighted by molar-refractivity contribution is 7.07. The molecule has 2 aromatic carbocycles. The summed E-state index contributed by atoms with van der Waals surface area (Å²) < 4.78 is 13.1. The van der Waals surface area contributed by atoms with Crippen molar-refractivity contribution in [2.75, 3.05) is 6.61 Å². The van der Waals surface area contributed by atoms with Crippen LogP contribution in [0.1, 0.15) is 44.9 Å². The summed E-state index contributed by atoms with van der Waals surface area (Å²) in [5.74, 6) is -0.125.